The van der Waals surface area contributed by atoms with E-state index in [0.717, 1.165) is 12.3 Å². The standard InChI is InChI=1S/C16H23NO/c17-16(18)12-15(14-9-5-2-6-10-14)11-13-7-3-1-4-8-13/h2,5-6,9-10,13,15H,1,3-4,7-8,11-12H2,(H2,17,18)/t15-/m0/s1. The van der Waals surface area contributed by atoms with E-state index in [0.29, 0.717) is 12.3 Å². The van der Waals surface area contributed by atoms with Crippen molar-refractivity contribution in [2.75, 3.05) is 0 Å². The molecule has 0 aromatic heterocycles. The van der Waals surface area contributed by atoms with Crippen LogP contribution in [0.1, 0.15) is 56.4 Å². The lowest BCUT2D eigenvalue weighted by atomic mass is 9.79. The van der Waals surface area contributed by atoms with Crippen molar-refractivity contribution in [1.82, 2.24) is 0 Å². The molecule has 0 radical (unpaired) electrons. The average molecular weight is 245 g/mol. The van der Waals surface area contributed by atoms with Gasteiger partial charge in [0, 0.05) is 6.42 Å². The van der Waals surface area contributed by atoms with Gasteiger partial charge in [0.1, 0.15) is 0 Å². The van der Waals surface area contributed by atoms with Gasteiger partial charge >= 0.3 is 0 Å². The topological polar surface area (TPSA) is 43.1 Å². The molecule has 18 heavy (non-hydrogen) atoms. The van der Waals surface area contributed by atoms with Gasteiger partial charge in [0.2, 0.25) is 5.91 Å². The maximum absolute atomic E-state index is 11.2. The summed E-state index contributed by atoms with van der Waals surface area (Å²) >= 11 is 0. The van der Waals surface area contributed by atoms with Gasteiger partial charge in [-0.2, -0.15) is 0 Å². The second-order valence-corrected chi connectivity index (χ2v) is 5.52. The number of rotatable bonds is 5. The summed E-state index contributed by atoms with van der Waals surface area (Å²) in [6, 6.07) is 10.4. The van der Waals surface area contributed by atoms with Gasteiger partial charge in [-0.15, -0.1) is 0 Å². The van der Waals surface area contributed by atoms with Gasteiger partial charge in [-0.05, 0) is 23.8 Å². The van der Waals surface area contributed by atoms with Gasteiger partial charge in [-0.3, -0.25) is 4.79 Å². The number of nitrogens with two attached hydrogens (primary N) is 1. The van der Waals surface area contributed by atoms with Gasteiger partial charge in [0.05, 0.1) is 0 Å². The minimum Gasteiger partial charge on any atom is -0.370 e. The molecular weight excluding hydrogens is 222 g/mol. The van der Waals surface area contributed by atoms with E-state index in [-0.39, 0.29) is 5.91 Å². The first-order valence-electron chi connectivity index (χ1n) is 7.09. The molecule has 1 saturated carbocycles. The highest BCUT2D eigenvalue weighted by Crippen LogP contribution is 2.34. The van der Waals surface area contributed by atoms with Crippen LogP contribution in [0.15, 0.2) is 30.3 Å². The first-order chi connectivity index (χ1) is 8.75. The molecule has 2 rings (SSSR count). The fraction of sp³-hybridized carbons (Fsp3) is 0.562. The zero-order chi connectivity index (χ0) is 12.8. The number of hydrogen-bond donors (Lipinski definition) is 1. The molecule has 0 bridgehead atoms. The lowest BCUT2D eigenvalue weighted by Gasteiger charge is -2.26. The first-order valence-corrected chi connectivity index (χ1v) is 7.09. The van der Waals surface area contributed by atoms with Crippen LogP contribution in [0.2, 0.25) is 0 Å². The summed E-state index contributed by atoms with van der Waals surface area (Å²) in [5.74, 6) is 0.912. The first kappa shape index (κ1) is 13.1. The molecular formula is C16H23NO. The molecule has 0 spiro atoms. The van der Waals surface area contributed by atoms with E-state index in [4.69, 9.17) is 5.73 Å². The van der Waals surface area contributed by atoms with Crippen molar-refractivity contribution in [3.05, 3.63) is 35.9 Å². The third-order valence-electron chi connectivity index (χ3n) is 4.06. The third kappa shape index (κ3) is 3.86. The summed E-state index contributed by atoms with van der Waals surface area (Å²) in [5, 5.41) is 0. The monoisotopic (exact) mass is 245 g/mol. The Labute approximate surface area is 110 Å². The molecule has 1 aliphatic rings. The minimum absolute atomic E-state index is 0.181. The van der Waals surface area contributed by atoms with Crippen molar-refractivity contribution in [2.24, 2.45) is 11.7 Å². The van der Waals surface area contributed by atoms with Crippen molar-refractivity contribution >= 4 is 5.91 Å². The largest absolute Gasteiger partial charge is 0.370 e. The van der Waals surface area contributed by atoms with Crippen LogP contribution in [0.4, 0.5) is 0 Å². The molecule has 2 N–H and O–H groups in total. The zero-order valence-electron chi connectivity index (χ0n) is 11.0. The Bertz CT molecular complexity index is 368. The summed E-state index contributed by atoms with van der Waals surface area (Å²) in [4.78, 5) is 11.2. The predicted molar refractivity (Wildman–Crippen MR) is 74.2 cm³/mol. The third-order valence-corrected chi connectivity index (χ3v) is 4.06. The van der Waals surface area contributed by atoms with E-state index in [1.165, 1.54) is 37.7 Å². The van der Waals surface area contributed by atoms with Crippen LogP contribution in [0.5, 0.6) is 0 Å². The summed E-state index contributed by atoms with van der Waals surface area (Å²) in [6.07, 6.45) is 8.32. The Morgan fingerprint density at radius 2 is 1.83 bits per heavy atom. The van der Waals surface area contributed by atoms with Gasteiger partial charge < -0.3 is 5.73 Å². The summed E-state index contributed by atoms with van der Waals surface area (Å²) in [7, 11) is 0. The molecule has 1 aromatic carbocycles. The number of carbonyl (C=O) groups is 1. The Kier molecular flexibility index (Phi) is 4.80. The Hall–Kier alpha value is -1.31. The van der Waals surface area contributed by atoms with Crippen LogP contribution in [-0.2, 0) is 4.79 Å². The fourth-order valence-electron chi connectivity index (χ4n) is 3.13. The molecule has 1 aliphatic carbocycles. The molecule has 1 aromatic rings. The van der Waals surface area contributed by atoms with E-state index in [1.807, 2.05) is 18.2 Å². The van der Waals surface area contributed by atoms with E-state index >= 15 is 0 Å². The number of benzene rings is 1. The Morgan fingerprint density at radius 3 is 2.44 bits per heavy atom. The van der Waals surface area contributed by atoms with Crippen LogP contribution in [0.25, 0.3) is 0 Å². The van der Waals surface area contributed by atoms with Gasteiger partial charge in [0.15, 0.2) is 0 Å². The maximum atomic E-state index is 11.2. The van der Waals surface area contributed by atoms with Crippen molar-refractivity contribution in [3.63, 3.8) is 0 Å². The van der Waals surface area contributed by atoms with Crippen molar-refractivity contribution in [2.45, 2.75) is 50.9 Å². The fourth-order valence-corrected chi connectivity index (χ4v) is 3.13. The number of amides is 1. The summed E-state index contributed by atoms with van der Waals surface area (Å²) in [5.41, 5.74) is 6.66. The summed E-state index contributed by atoms with van der Waals surface area (Å²) in [6.45, 7) is 0. The van der Waals surface area contributed by atoms with Gasteiger partial charge in [-0.1, -0.05) is 62.4 Å². The SMILES string of the molecule is NC(=O)C[C@H](CC1CCCCC1)c1ccccc1. The van der Waals surface area contributed by atoms with Crippen LogP contribution < -0.4 is 5.73 Å². The van der Waals surface area contributed by atoms with Gasteiger partial charge in [0.25, 0.3) is 0 Å². The zero-order valence-corrected chi connectivity index (χ0v) is 11.0. The van der Waals surface area contributed by atoms with E-state index in [2.05, 4.69) is 12.1 Å². The van der Waals surface area contributed by atoms with E-state index < -0.39 is 0 Å². The average Bonchev–Trinajstić information content (AvgIpc) is 2.40. The van der Waals surface area contributed by atoms with Crippen molar-refractivity contribution < 1.29 is 4.79 Å². The molecule has 0 saturated heterocycles. The van der Waals surface area contributed by atoms with Crippen molar-refractivity contribution in [1.29, 1.82) is 0 Å². The smallest absolute Gasteiger partial charge is 0.218 e. The molecule has 2 heteroatoms. The quantitative estimate of drug-likeness (QED) is 0.846. The minimum atomic E-state index is -0.181. The highest BCUT2D eigenvalue weighted by Gasteiger charge is 2.21. The number of carbonyl (C=O) groups excluding carboxylic acids is 1. The van der Waals surface area contributed by atoms with Crippen LogP contribution >= 0.6 is 0 Å². The second-order valence-electron chi connectivity index (χ2n) is 5.52. The molecule has 0 unspecified atom stereocenters. The highest BCUT2D eigenvalue weighted by atomic mass is 16.1. The molecule has 1 atom stereocenters. The highest BCUT2D eigenvalue weighted by molar-refractivity contribution is 5.74. The normalized spacial score (nSPS) is 18.4. The molecule has 98 valence electrons. The van der Waals surface area contributed by atoms with E-state index in [1.54, 1.807) is 0 Å². The van der Waals surface area contributed by atoms with Crippen LogP contribution in [0, 0.1) is 5.92 Å². The molecule has 1 fully saturated rings. The predicted octanol–water partition coefficient (Wildman–Crippen LogP) is 3.62. The molecule has 0 heterocycles. The Morgan fingerprint density at radius 1 is 1.17 bits per heavy atom. The van der Waals surface area contributed by atoms with E-state index in [9.17, 15) is 4.79 Å². The second kappa shape index (κ2) is 6.58. The molecule has 0 aliphatic heterocycles. The number of hydrogen-bond acceptors (Lipinski definition) is 1. The number of primary amides is 1. The van der Waals surface area contributed by atoms with Crippen LogP contribution in [-0.4, -0.2) is 5.91 Å². The van der Waals surface area contributed by atoms with Crippen LogP contribution in [0.3, 0.4) is 0 Å². The lowest BCUT2D eigenvalue weighted by Crippen LogP contribution is -2.18. The molecule has 2 nitrogen and oxygen atoms in total. The van der Waals surface area contributed by atoms with Crippen molar-refractivity contribution in [3.8, 4) is 0 Å². The lowest BCUT2D eigenvalue weighted by molar-refractivity contribution is -0.118. The molecule has 1 amide bonds. The Balaban J connectivity index is 2.02. The van der Waals surface area contributed by atoms with Gasteiger partial charge in [-0.25, -0.2) is 0 Å². The summed E-state index contributed by atoms with van der Waals surface area (Å²) < 4.78 is 0. The maximum Gasteiger partial charge on any atom is 0.218 e.